The highest BCUT2D eigenvalue weighted by Gasteiger charge is 2.91. The van der Waals surface area contributed by atoms with Gasteiger partial charge in [-0.2, -0.15) is 0 Å². The Morgan fingerprint density at radius 2 is 1.00 bits per heavy atom. The summed E-state index contributed by atoms with van der Waals surface area (Å²) >= 11 is 0. The first-order valence-electron chi connectivity index (χ1n) is 1.69. The van der Waals surface area contributed by atoms with Gasteiger partial charge in [0.2, 0.25) is 0 Å². The zero-order valence-electron chi connectivity index (χ0n) is 3.39. The van der Waals surface area contributed by atoms with Gasteiger partial charge in [-0.1, -0.05) is 0 Å². The first-order valence-corrected chi connectivity index (χ1v) is 3.07. The summed E-state index contributed by atoms with van der Waals surface area (Å²) in [7, 11) is -4.15. The van der Waals surface area contributed by atoms with Crippen molar-refractivity contribution in [2.24, 2.45) is 0 Å². The third-order valence-electron chi connectivity index (χ3n) is 0.883. The molecule has 1 aliphatic heterocycles. The molecular formula is C2F5Si. The second-order valence-corrected chi connectivity index (χ2v) is 3.35. The molecule has 1 saturated heterocycles. The minimum atomic E-state index is -4.29. The number of alkyl halides is 4. The van der Waals surface area contributed by atoms with E-state index in [4.69, 9.17) is 0 Å². The number of rotatable bonds is 0. The molecule has 6 heteroatoms. The van der Waals surface area contributed by atoms with E-state index in [0.29, 0.717) is 0 Å². The molecule has 0 aliphatic carbocycles. The van der Waals surface area contributed by atoms with Crippen molar-refractivity contribution in [1.82, 2.24) is 0 Å². The molecule has 1 aliphatic rings. The predicted octanol–water partition coefficient (Wildman–Crippen LogP) is 1.31. The van der Waals surface area contributed by atoms with Crippen molar-refractivity contribution in [3.05, 3.63) is 0 Å². The molecule has 47 valence electrons. The molecule has 0 aromatic heterocycles. The average molecular weight is 147 g/mol. The van der Waals surface area contributed by atoms with Crippen LogP contribution in [0.1, 0.15) is 0 Å². The fourth-order valence-corrected chi connectivity index (χ4v) is 0.925. The quantitative estimate of drug-likeness (QED) is 0.275. The van der Waals surface area contributed by atoms with Gasteiger partial charge in [0.25, 0.3) is 0 Å². The molecule has 8 heavy (non-hydrogen) atoms. The lowest BCUT2D eigenvalue weighted by Crippen LogP contribution is -2.02. The summed E-state index contributed by atoms with van der Waals surface area (Å²) in [6.45, 7) is 0. The van der Waals surface area contributed by atoms with E-state index in [1.807, 2.05) is 0 Å². The fourth-order valence-electron chi connectivity index (χ4n) is 0.261. The molecule has 1 heterocycles. The second-order valence-electron chi connectivity index (χ2n) is 1.46. The third-order valence-corrected chi connectivity index (χ3v) is 2.36. The van der Waals surface area contributed by atoms with Gasteiger partial charge in [-0.05, 0) is 0 Å². The Morgan fingerprint density at radius 3 is 1.00 bits per heavy atom. The maximum absolute atomic E-state index is 11.3. The van der Waals surface area contributed by atoms with Gasteiger partial charge in [0, 0.05) is 0 Å². The van der Waals surface area contributed by atoms with Crippen LogP contribution in [0.25, 0.3) is 0 Å². The minimum absolute atomic E-state index is 4.15. The molecule has 0 bridgehead atoms. The van der Waals surface area contributed by atoms with Crippen LogP contribution >= 0.6 is 0 Å². The maximum atomic E-state index is 11.3. The van der Waals surface area contributed by atoms with Gasteiger partial charge in [0.05, 0.1) is 0 Å². The van der Waals surface area contributed by atoms with Crippen molar-refractivity contribution in [2.75, 3.05) is 0 Å². The van der Waals surface area contributed by atoms with Crippen LogP contribution in [0.5, 0.6) is 0 Å². The molecule has 0 N–H and O–H groups in total. The van der Waals surface area contributed by atoms with E-state index in [1.165, 1.54) is 0 Å². The molecule has 0 atom stereocenters. The molecule has 0 unspecified atom stereocenters. The molecule has 0 aromatic rings. The summed E-state index contributed by atoms with van der Waals surface area (Å²) < 4.78 is 56.2. The highest BCUT2D eigenvalue weighted by Crippen LogP contribution is 2.55. The van der Waals surface area contributed by atoms with Crippen molar-refractivity contribution < 1.29 is 21.7 Å². The molecule has 0 nitrogen and oxygen atoms in total. The zero-order chi connectivity index (χ0) is 6.58. The van der Waals surface area contributed by atoms with Gasteiger partial charge in [-0.25, -0.2) is 17.6 Å². The van der Waals surface area contributed by atoms with Crippen LogP contribution in [0.15, 0.2) is 0 Å². The lowest BCUT2D eigenvalue weighted by Gasteiger charge is -1.87. The number of halogens is 5. The highest BCUT2D eigenvalue weighted by atomic mass is 28.3. The fraction of sp³-hybridized carbons (Fsp3) is 1.00. The summed E-state index contributed by atoms with van der Waals surface area (Å²) in [6.07, 6.45) is 0. The van der Waals surface area contributed by atoms with Crippen LogP contribution in [0.3, 0.4) is 0 Å². The summed E-state index contributed by atoms with van der Waals surface area (Å²) in [6, 6.07) is 0. The first-order chi connectivity index (χ1) is 3.40. The van der Waals surface area contributed by atoms with Crippen LogP contribution in [-0.2, 0) is 0 Å². The second kappa shape index (κ2) is 1.07. The van der Waals surface area contributed by atoms with Crippen LogP contribution < -0.4 is 0 Å². The zero-order valence-corrected chi connectivity index (χ0v) is 4.39. The van der Waals surface area contributed by atoms with E-state index in [-0.39, 0.29) is 0 Å². The first kappa shape index (κ1) is 5.99. The smallest absolute Gasteiger partial charge is 0.299 e. The molecule has 0 amide bonds. The van der Waals surface area contributed by atoms with Crippen molar-refractivity contribution in [2.45, 2.75) is 11.1 Å². The lowest BCUT2D eigenvalue weighted by molar-refractivity contribution is -0.0278. The molecule has 0 spiro atoms. The maximum Gasteiger partial charge on any atom is 0.445 e. The van der Waals surface area contributed by atoms with Crippen molar-refractivity contribution in [3.63, 3.8) is 0 Å². The van der Waals surface area contributed by atoms with Crippen LogP contribution in [0.4, 0.5) is 21.7 Å². The van der Waals surface area contributed by atoms with Gasteiger partial charge in [0.1, 0.15) is 0 Å². The van der Waals surface area contributed by atoms with Crippen molar-refractivity contribution in [3.8, 4) is 0 Å². The SMILES string of the molecule is F[Si]1C(F)(F)C1(F)F. The highest BCUT2D eigenvalue weighted by molar-refractivity contribution is 6.70. The van der Waals surface area contributed by atoms with Gasteiger partial charge in [-0.3, -0.25) is 4.11 Å². The Kier molecular flexibility index (Phi) is 0.801. The number of hydrogen-bond donors (Lipinski definition) is 0. The largest absolute Gasteiger partial charge is 0.445 e. The Hall–Kier alpha value is -0.133. The van der Waals surface area contributed by atoms with Gasteiger partial charge >= 0.3 is 20.2 Å². The summed E-state index contributed by atoms with van der Waals surface area (Å²) in [5, 5.41) is 0. The normalized spacial score (nSPS) is 32.6. The number of hydrogen-bond acceptors (Lipinski definition) is 0. The Labute approximate surface area is 43.1 Å². The van der Waals surface area contributed by atoms with Gasteiger partial charge in [-0.15, -0.1) is 0 Å². The average Bonchev–Trinajstić information content (AvgIpc) is 1.88. The minimum Gasteiger partial charge on any atom is -0.299 e. The lowest BCUT2D eigenvalue weighted by atomic mass is 10.8. The summed E-state index contributed by atoms with van der Waals surface area (Å²) in [4.78, 5) is 0. The summed E-state index contributed by atoms with van der Waals surface area (Å²) in [5.74, 6) is 0. The van der Waals surface area contributed by atoms with Crippen LogP contribution in [-0.4, -0.2) is 20.2 Å². The molecule has 1 radical (unpaired) electrons. The van der Waals surface area contributed by atoms with Gasteiger partial charge < -0.3 is 0 Å². The van der Waals surface area contributed by atoms with E-state index in [0.717, 1.165) is 0 Å². The van der Waals surface area contributed by atoms with E-state index in [2.05, 4.69) is 0 Å². The monoisotopic (exact) mass is 147 g/mol. The van der Waals surface area contributed by atoms with E-state index in [1.54, 1.807) is 0 Å². The molecular weight excluding hydrogens is 147 g/mol. The Morgan fingerprint density at radius 1 is 0.875 bits per heavy atom. The standard InChI is InChI=1S/C2F5Si/c3-1(4)2(5,6)8(1)7. The van der Waals surface area contributed by atoms with Gasteiger partial charge in [0.15, 0.2) is 0 Å². The van der Waals surface area contributed by atoms with E-state index >= 15 is 0 Å². The van der Waals surface area contributed by atoms with Crippen LogP contribution in [0, 0.1) is 0 Å². The predicted molar refractivity (Wildman–Crippen MR) is 16.8 cm³/mol. The van der Waals surface area contributed by atoms with Crippen molar-refractivity contribution in [1.29, 1.82) is 0 Å². The third kappa shape index (κ3) is 0.390. The Bertz CT molecular complexity index is 106. The summed E-state index contributed by atoms with van der Waals surface area (Å²) in [5.41, 5.74) is -8.59. The van der Waals surface area contributed by atoms with Crippen molar-refractivity contribution >= 4 is 9.13 Å². The van der Waals surface area contributed by atoms with Crippen LogP contribution in [0.2, 0.25) is 0 Å². The van der Waals surface area contributed by atoms with E-state index < -0.39 is 20.2 Å². The molecule has 0 saturated carbocycles. The molecule has 1 fully saturated rings. The Balaban J connectivity index is 2.72. The molecule has 0 aromatic carbocycles. The topological polar surface area (TPSA) is 0 Å². The van der Waals surface area contributed by atoms with E-state index in [9.17, 15) is 21.7 Å². The molecule has 1 rings (SSSR count).